The molecule has 0 bridgehead atoms. The number of rotatable bonds is 1. The molecule has 4 nitrogen and oxygen atoms in total. The van der Waals surface area contributed by atoms with Crippen molar-refractivity contribution in [3.05, 3.63) is 24.3 Å². The van der Waals surface area contributed by atoms with Crippen LogP contribution in [0.4, 0.5) is 0 Å². The summed E-state index contributed by atoms with van der Waals surface area (Å²) in [5, 5.41) is 0. The van der Waals surface area contributed by atoms with Crippen LogP contribution in [0.2, 0.25) is 0 Å². The standard InChI is InChI=1S/C20H27NO3/c1-13-9-10-16-15(12-13)6-5-11-21(16)20(22)19-14(2)23-17-7-3-4-8-18(17)24-19/h3-4,7-8,13-16,19H,5-6,9-12H2,1-2H3. The molecule has 0 aromatic heterocycles. The van der Waals surface area contributed by atoms with E-state index in [4.69, 9.17) is 9.47 Å². The number of carbonyl (C=O) groups excluding carboxylic acids is 1. The van der Waals surface area contributed by atoms with Crippen LogP contribution in [0.15, 0.2) is 24.3 Å². The molecule has 5 atom stereocenters. The molecule has 4 heteroatoms. The average molecular weight is 329 g/mol. The van der Waals surface area contributed by atoms with E-state index < -0.39 is 6.10 Å². The number of amides is 1. The first-order chi connectivity index (χ1) is 11.6. The molecule has 1 aliphatic carbocycles. The molecule has 1 saturated carbocycles. The Morgan fingerprint density at radius 1 is 1.08 bits per heavy atom. The Kier molecular flexibility index (Phi) is 4.15. The van der Waals surface area contributed by atoms with E-state index in [9.17, 15) is 4.79 Å². The minimum atomic E-state index is -0.530. The van der Waals surface area contributed by atoms with Gasteiger partial charge in [-0.15, -0.1) is 0 Å². The molecule has 2 aliphatic heterocycles. The number of hydrogen-bond acceptors (Lipinski definition) is 3. The second-order valence-corrected chi connectivity index (χ2v) is 7.73. The van der Waals surface area contributed by atoms with Gasteiger partial charge in [-0.2, -0.15) is 0 Å². The van der Waals surface area contributed by atoms with Crippen molar-refractivity contribution < 1.29 is 14.3 Å². The smallest absolute Gasteiger partial charge is 0.267 e. The topological polar surface area (TPSA) is 38.8 Å². The van der Waals surface area contributed by atoms with E-state index in [1.807, 2.05) is 31.2 Å². The second-order valence-electron chi connectivity index (χ2n) is 7.73. The second kappa shape index (κ2) is 6.30. The van der Waals surface area contributed by atoms with Gasteiger partial charge in [0.05, 0.1) is 0 Å². The highest BCUT2D eigenvalue weighted by atomic mass is 16.6. The van der Waals surface area contributed by atoms with E-state index in [0.717, 1.165) is 31.1 Å². The Bertz CT molecular complexity index is 617. The van der Waals surface area contributed by atoms with Gasteiger partial charge in [0.1, 0.15) is 6.10 Å². The fourth-order valence-electron chi connectivity index (χ4n) is 4.72. The summed E-state index contributed by atoms with van der Waals surface area (Å²) in [6.07, 6.45) is 5.21. The minimum absolute atomic E-state index is 0.112. The van der Waals surface area contributed by atoms with Crippen LogP contribution >= 0.6 is 0 Å². The molecule has 1 amide bonds. The summed E-state index contributed by atoms with van der Waals surface area (Å²) in [4.78, 5) is 15.3. The molecule has 0 radical (unpaired) electrons. The summed E-state index contributed by atoms with van der Waals surface area (Å²) in [5.41, 5.74) is 0. The summed E-state index contributed by atoms with van der Waals surface area (Å²) in [7, 11) is 0. The van der Waals surface area contributed by atoms with E-state index in [0.29, 0.717) is 17.7 Å². The highest BCUT2D eigenvalue weighted by molar-refractivity contribution is 5.83. The van der Waals surface area contributed by atoms with Crippen LogP contribution in [0, 0.1) is 11.8 Å². The Morgan fingerprint density at radius 2 is 1.83 bits per heavy atom. The molecule has 0 N–H and O–H groups in total. The molecule has 130 valence electrons. The molecular weight excluding hydrogens is 302 g/mol. The minimum Gasteiger partial charge on any atom is -0.482 e. The van der Waals surface area contributed by atoms with Crippen molar-refractivity contribution in [1.29, 1.82) is 0 Å². The van der Waals surface area contributed by atoms with Crippen LogP contribution in [0.3, 0.4) is 0 Å². The van der Waals surface area contributed by atoms with Crippen molar-refractivity contribution in [2.24, 2.45) is 11.8 Å². The molecule has 1 aromatic carbocycles. The van der Waals surface area contributed by atoms with Crippen molar-refractivity contribution in [2.75, 3.05) is 6.54 Å². The van der Waals surface area contributed by atoms with Gasteiger partial charge in [-0.05, 0) is 63.0 Å². The molecule has 2 fully saturated rings. The fourth-order valence-corrected chi connectivity index (χ4v) is 4.72. The predicted octanol–water partition coefficient (Wildman–Crippen LogP) is 3.64. The summed E-state index contributed by atoms with van der Waals surface area (Å²) in [6, 6.07) is 8.01. The number of likely N-dealkylation sites (tertiary alicyclic amines) is 1. The van der Waals surface area contributed by atoms with Crippen LogP contribution in [0.25, 0.3) is 0 Å². The summed E-state index contributed by atoms with van der Waals surface area (Å²) < 4.78 is 12.0. The van der Waals surface area contributed by atoms with Gasteiger partial charge in [0.15, 0.2) is 11.5 Å². The van der Waals surface area contributed by atoms with E-state index in [1.165, 1.54) is 19.3 Å². The van der Waals surface area contributed by atoms with Gasteiger partial charge in [0.2, 0.25) is 6.10 Å². The van der Waals surface area contributed by atoms with Gasteiger partial charge in [0.25, 0.3) is 5.91 Å². The number of ether oxygens (including phenoxy) is 2. The number of carbonyl (C=O) groups is 1. The monoisotopic (exact) mass is 329 g/mol. The zero-order valence-corrected chi connectivity index (χ0v) is 14.6. The zero-order chi connectivity index (χ0) is 16.7. The third-order valence-corrected chi connectivity index (χ3v) is 5.95. The van der Waals surface area contributed by atoms with Crippen molar-refractivity contribution in [3.63, 3.8) is 0 Å². The maximum absolute atomic E-state index is 13.2. The molecule has 5 unspecified atom stereocenters. The van der Waals surface area contributed by atoms with Crippen molar-refractivity contribution >= 4 is 5.91 Å². The van der Waals surface area contributed by atoms with Crippen LogP contribution in [-0.4, -0.2) is 35.6 Å². The molecule has 3 aliphatic rings. The van der Waals surface area contributed by atoms with E-state index in [1.54, 1.807) is 0 Å². The maximum Gasteiger partial charge on any atom is 0.267 e. The maximum atomic E-state index is 13.2. The SMILES string of the molecule is CC1CCC2C(CCCN2C(=O)C2Oc3ccccc3OC2C)C1. The quantitative estimate of drug-likeness (QED) is 0.789. The lowest BCUT2D eigenvalue weighted by Gasteiger charge is -2.47. The predicted molar refractivity (Wildman–Crippen MR) is 92.2 cm³/mol. The third kappa shape index (κ3) is 2.76. The Balaban J connectivity index is 1.53. The summed E-state index contributed by atoms with van der Waals surface area (Å²) in [5.74, 6) is 2.98. The Labute approximate surface area is 144 Å². The molecule has 1 saturated heterocycles. The van der Waals surface area contributed by atoms with Crippen molar-refractivity contribution in [3.8, 4) is 11.5 Å². The number of nitrogens with zero attached hydrogens (tertiary/aromatic N) is 1. The Morgan fingerprint density at radius 3 is 2.62 bits per heavy atom. The first kappa shape index (κ1) is 15.8. The summed E-state index contributed by atoms with van der Waals surface area (Å²) in [6.45, 7) is 5.14. The van der Waals surface area contributed by atoms with Gasteiger partial charge >= 0.3 is 0 Å². The van der Waals surface area contributed by atoms with Crippen LogP contribution in [0.5, 0.6) is 11.5 Å². The number of piperidine rings is 1. The average Bonchev–Trinajstić information content (AvgIpc) is 2.59. The lowest BCUT2D eigenvalue weighted by atomic mass is 9.74. The molecule has 1 aromatic rings. The number of hydrogen-bond donors (Lipinski definition) is 0. The molecule has 4 rings (SSSR count). The first-order valence-corrected chi connectivity index (χ1v) is 9.36. The van der Waals surface area contributed by atoms with E-state index in [2.05, 4.69) is 11.8 Å². The van der Waals surface area contributed by atoms with Crippen LogP contribution < -0.4 is 9.47 Å². The van der Waals surface area contributed by atoms with E-state index in [-0.39, 0.29) is 12.0 Å². The lowest BCUT2D eigenvalue weighted by molar-refractivity contribution is -0.151. The third-order valence-electron chi connectivity index (χ3n) is 5.95. The zero-order valence-electron chi connectivity index (χ0n) is 14.6. The first-order valence-electron chi connectivity index (χ1n) is 9.36. The van der Waals surface area contributed by atoms with Gasteiger partial charge in [-0.3, -0.25) is 4.79 Å². The van der Waals surface area contributed by atoms with E-state index >= 15 is 0 Å². The van der Waals surface area contributed by atoms with Crippen molar-refractivity contribution in [2.45, 2.75) is 64.2 Å². The van der Waals surface area contributed by atoms with Gasteiger partial charge in [0, 0.05) is 12.6 Å². The lowest BCUT2D eigenvalue weighted by Crippen LogP contribution is -2.57. The van der Waals surface area contributed by atoms with Crippen LogP contribution in [0.1, 0.15) is 46.0 Å². The number of benzene rings is 1. The normalized spacial score (nSPS) is 35.2. The highest BCUT2D eigenvalue weighted by Gasteiger charge is 2.43. The van der Waals surface area contributed by atoms with Gasteiger partial charge < -0.3 is 14.4 Å². The van der Waals surface area contributed by atoms with Crippen molar-refractivity contribution in [1.82, 2.24) is 4.90 Å². The van der Waals surface area contributed by atoms with Crippen LogP contribution in [-0.2, 0) is 4.79 Å². The van der Waals surface area contributed by atoms with Gasteiger partial charge in [-0.1, -0.05) is 19.1 Å². The molecule has 24 heavy (non-hydrogen) atoms. The largest absolute Gasteiger partial charge is 0.482 e. The summed E-state index contributed by atoms with van der Waals surface area (Å²) >= 11 is 0. The highest BCUT2D eigenvalue weighted by Crippen LogP contribution is 2.39. The Hall–Kier alpha value is -1.71. The molecular formula is C20H27NO3. The van der Waals surface area contributed by atoms with Gasteiger partial charge in [-0.25, -0.2) is 0 Å². The molecule has 2 heterocycles. The molecule has 0 spiro atoms. The number of para-hydroxylation sites is 2. The fraction of sp³-hybridized carbons (Fsp3) is 0.650. The number of fused-ring (bicyclic) bond motifs is 2.